The Labute approximate surface area is 86.2 Å². The molecule has 0 spiro atoms. The minimum atomic E-state index is 0.628. The van der Waals surface area contributed by atoms with Crippen molar-refractivity contribution in [3.05, 3.63) is 0 Å². The SMILES string of the molecule is CN1CC2C3CCN(CC3)C2C1CN. The summed E-state index contributed by atoms with van der Waals surface area (Å²) in [6.45, 7) is 4.78. The molecule has 0 aliphatic carbocycles. The van der Waals surface area contributed by atoms with Crippen molar-refractivity contribution in [1.29, 1.82) is 0 Å². The fourth-order valence-electron chi connectivity index (χ4n) is 4.03. The van der Waals surface area contributed by atoms with Crippen LogP contribution in [0.3, 0.4) is 0 Å². The first-order valence-corrected chi connectivity index (χ1v) is 5.95. The van der Waals surface area contributed by atoms with Crippen LogP contribution in [0, 0.1) is 11.8 Å². The second-order valence-electron chi connectivity index (χ2n) is 5.27. The number of fused-ring (bicyclic) bond motifs is 2. The minimum absolute atomic E-state index is 0.628. The van der Waals surface area contributed by atoms with Gasteiger partial charge in [-0.15, -0.1) is 0 Å². The van der Waals surface area contributed by atoms with Gasteiger partial charge in [-0.3, -0.25) is 4.90 Å². The molecule has 0 aromatic carbocycles. The summed E-state index contributed by atoms with van der Waals surface area (Å²) < 4.78 is 0. The summed E-state index contributed by atoms with van der Waals surface area (Å²) in [5.41, 5.74) is 5.89. The van der Waals surface area contributed by atoms with Gasteiger partial charge in [-0.1, -0.05) is 0 Å². The fraction of sp³-hybridized carbons (Fsp3) is 1.00. The Kier molecular flexibility index (Phi) is 2.08. The summed E-state index contributed by atoms with van der Waals surface area (Å²) in [5.74, 6) is 1.93. The number of hydrogen-bond donors (Lipinski definition) is 1. The molecule has 4 rings (SSSR count). The van der Waals surface area contributed by atoms with Gasteiger partial charge in [0.05, 0.1) is 0 Å². The van der Waals surface area contributed by atoms with Crippen LogP contribution in [-0.4, -0.2) is 55.1 Å². The van der Waals surface area contributed by atoms with Crippen molar-refractivity contribution < 1.29 is 0 Å². The van der Waals surface area contributed by atoms with Crippen molar-refractivity contribution in [2.75, 3.05) is 33.2 Å². The maximum atomic E-state index is 5.89. The molecule has 3 atom stereocenters. The van der Waals surface area contributed by atoms with E-state index in [-0.39, 0.29) is 0 Å². The minimum Gasteiger partial charge on any atom is -0.329 e. The van der Waals surface area contributed by atoms with Crippen molar-refractivity contribution in [3.8, 4) is 0 Å². The largest absolute Gasteiger partial charge is 0.329 e. The first kappa shape index (κ1) is 9.13. The Morgan fingerprint density at radius 2 is 2.00 bits per heavy atom. The highest BCUT2D eigenvalue weighted by Gasteiger charge is 2.50. The highest BCUT2D eigenvalue weighted by Crippen LogP contribution is 2.43. The van der Waals surface area contributed by atoms with E-state index in [0.717, 1.165) is 24.4 Å². The van der Waals surface area contributed by atoms with Gasteiger partial charge in [-0.2, -0.15) is 0 Å². The fourth-order valence-corrected chi connectivity index (χ4v) is 4.03. The van der Waals surface area contributed by atoms with E-state index in [9.17, 15) is 0 Å². The second-order valence-corrected chi connectivity index (χ2v) is 5.27. The van der Waals surface area contributed by atoms with Gasteiger partial charge in [-0.05, 0) is 44.8 Å². The van der Waals surface area contributed by atoms with Gasteiger partial charge in [-0.25, -0.2) is 0 Å². The molecule has 0 amide bonds. The van der Waals surface area contributed by atoms with Crippen molar-refractivity contribution in [3.63, 3.8) is 0 Å². The third-order valence-electron chi connectivity index (χ3n) is 4.74. The Balaban J connectivity index is 1.87. The van der Waals surface area contributed by atoms with E-state index in [4.69, 9.17) is 5.73 Å². The first-order chi connectivity index (χ1) is 6.81. The summed E-state index contributed by atoms with van der Waals surface area (Å²) in [7, 11) is 2.25. The summed E-state index contributed by atoms with van der Waals surface area (Å²) in [6, 6.07) is 1.42. The zero-order valence-electron chi connectivity index (χ0n) is 9.02. The summed E-state index contributed by atoms with van der Waals surface area (Å²) >= 11 is 0. The van der Waals surface area contributed by atoms with Gasteiger partial charge in [0.2, 0.25) is 0 Å². The average molecular weight is 195 g/mol. The standard InChI is InChI=1S/C11H21N3/c1-13-7-9-8-2-4-14(5-3-8)11(9)10(13)6-12/h8-11H,2-7,12H2,1H3. The summed E-state index contributed by atoms with van der Waals surface area (Å²) in [6.07, 6.45) is 2.87. The Morgan fingerprint density at radius 1 is 1.29 bits per heavy atom. The Bertz CT molecular complexity index is 223. The van der Waals surface area contributed by atoms with Crippen LogP contribution in [0.25, 0.3) is 0 Å². The van der Waals surface area contributed by atoms with Gasteiger partial charge in [0.1, 0.15) is 0 Å². The van der Waals surface area contributed by atoms with Crippen LogP contribution in [0.5, 0.6) is 0 Å². The van der Waals surface area contributed by atoms with Gasteiger partial charge in [0, 0.05) is 25.2 Å². The number of hydrogen-bond acceptors (Lipinski definition) is 3. The molecule has 4 aliphatic heterocycles. The monoisotopic (exact) mass is 195 g/mol. The Morgan fingerprint density at radius 3 is 2.64 bits per heavy atom. The normalized spacial score (nSPS) is 52.3. The number of likely N-dealkylation sites (N-methyl/N-ethyl adjacent to an activating group) is 1. The van der Waals surface area contributed by atoms with Crippen LogP contribution in [-0.2, 0) is 0 Å². The molecule has 0 saturated carbocycles. The van der Waals surface area contributed by atoms with E-state index in [1.165, 1.54) is 32.5 Å². The number of likely N-dealkylation sites (tertiary alicyclic amines) is 1. The van der Waals surface area contributed by atoms with Crippen molar-refractivity contribution in [1.82, 2.24) is 9.80 Å². The van der Waals surface area contributed by atoms with Gasteiger partial charge >= 0.3 is 0 Å². The van der Waals surface area contributed by atoms with Crippen LogP contribution < -0.4 is 5.73 Å². The molecule has 2 bridgehead atoms. The number of nitrogens with two attached hydrogens (primary N) is 1. The van der Waals surface area contributed by atoms with Crippen molar-refractivity contribution in [2.45, 2.75) is 24.9 Å². The smallest absolute Gasteiger partial charge is 0.0374 e. The molecule has 4 aliphatic rings. The molecule has 3 heteroatoms. The van der Waals surface area contributed by atoms with E-state index in [1.807, 2.05) is 0 Å². The lowest BCUT2D eigenvalue weighted by atomic mass is 9.74. The highest BCUT2D eigenvalue weighted by atomic mass is 15.3. The highest BCUT2D eigenvalue weighted by molar-refractivity contribution is 5.05. The van der Waals surface area contributed by atoms with Gasteiger partial charge < -0.3 is 10.6 Å². The molecule has 0 radical (unpaired) electrons. The second kappa shape index (κ2) is 3.19. The van der Waals surface area contributed by atoms with E-state index < -0.39 is 0 Å². The molecule has 80 valence electrons. The third kappa shape index (κ3) is 1.09. The summed E-state index contributed by atoms with van der Waals surface area (Å²) in [4.78, 5) is 5.19. The van der Waals surface area contributed by atoms with E-state index in [1.54, 1.807) is 0 Å². The molecule has 3 unspecified atom stereocenters. The zero-order chi connectivity index (χ0) is 9.71. The molecule has 0 aromatic heterocycles. The van der Waals surface area contributed by atoms with Gasteiger partial charge in [0.25, 0.3) is 0 Å². The maximum Gasteiger partial charge on any atom is 0.0374 e. The Hall–Kier alpha value is -0.120. The van der Waals surface area contributed by atoms with Crippen LogP contribution in [0.2, 0.25) is 0 Å². The molecule has 0 aromatic rings. The molecule has 3 nitrogen and oxygen atoms in total. The molecular weight excluding hydrogens is 174 g/mol. The number of rotatable bonds is 1. The topological polar surface area (TPSA) is 32.5 Å². The quantitative estimate of drug-likeness (QED) is 0.638. The predicted molar refractivity (Wildman–Crippen MR) is 57.0 cm³/mol. The third-order valence-corrected chi connectivity index (χ3v) is 4.74. The zero-order valence-corrected chi connectivity index (χ0v) is 9.02. The lowest BCUT2D eigenvalue weighted by Gasteiger charge is -2.49. The molecule has 2 N–H and O–H groups in total. The van der Waals surface area contributed by atoms with E-state index in [0.29, 0.717) is 6.04 Å². The number of piperidine rings is 3. The first-order valence-electron chi connectivity index (χ1n) is 5.95. The van der Waals surface area contributed by atoms with Crippen molar-refractivity contribution >= 4 is 0 Å². The molecular formula is C11H21N3. The van der Waals surface area contributed by atoms with Crippen LogP contribution in [0.15, 0.2) is 0 Å². The van der Waals surface area contributed by atoms with Gasteiger partial charge in [0.15, 0.2) is 0 Å². The van der Waals surface area contributed by atoms with Crippen molar-refractivity contribution in [2.24, 2.45) is 17.6 Å². The van der Waals surface area contributed by atoms with E-state index >= 15 is 0 Å². The molecule has 4 fully saturated rings. The average Bonchev–Trinajstić information content (AvgIpc) is 2.57. The molecule has 4 heterocycles. The number of nitrogens with zero attached hydrogens (tertiary/aromatic N) is 2. The summed E-state index contributed by atoms with van der Waals surface area (Å²) in [5, 5.41) is 0. The predicted octanol–water partition coefficient (Wildman–Crippen LogP) is -0.0305. The lowest BCUT2D eigenvalue weighted by Crippen LogP contribution is -2.58. The molecule has 4 saturated heterocycles. The maximum absolute atomic E-state index is 5.89. The van der Waals surface area contributed by atoms with Crippen LogP contribution in [0.4, 0.5) is 0 Å². The van der Waals surface area contributed by atoms with Crippen LogP contribution >= 0.6 is 0 Å². The lowest BCUT2D eigenvalue weighted by molar-refractivity contribution is 0.00523. The van der Waals surface area contributed by atoms with Crippen LogP contribution in [0.1, 0.15) is 12.8 Å². The molecule has 14 heavy (non-hydrogen) atoms. The van der Waals surface area contributed by atoms with E-state index in [2.05, 4.69) is 16.8 Å².